The second kappa shape index (κ2) is 22.6. The van der Waals surface area contributed by atoms with Gasteiger partial charge in [0.05, 0.1) is 50.7 Å². The van der Waals surface area contributed by atoms with E-state index in [0.29, 0.717) is 11.3 Å². The molecule has 0 atom stereocenters. The summed E-state index contributed by atoms with van der Waals surface area (Å²) < 4.78 is 348. The Morgan fingerprint density at radius 3 is 1.05 bits per heavy atom. The molecular formula is C53H31BF24N2O3. The zero-order valence-corrected chi connectivity index (χ0v) is 41.3. The predicted molar refractivity (Wildman–Crippen MR) is 246 cm³/mol. The van der Waals surface area contributed by atoms with Gasteiger partial charge in [-0.1, -0.05) is 91.0 Å². The number of hydrogen-bond donors (Lipinski definition) is 0. The zero-order chi connectivity index (χ0) is 62.4. The van der Waals surface area contributed by atoms with Crippen LogP contribution < -0.4 is 31.2 Å². The Bertz CT molecular complexity index is 3100. The van der Waals surface area contributed by atoms with Crippen molar-refractivity contribution in [3.8, 4) is 5.75 Å². The first-order valence-corrected chi connectivity index (χ1v) is 22.9. The summed E-state index contributed by atoms with van der Waals surface area (Å²) in [6.07, 6.45) is -50.2. The van der Waals surface area contributed by atoms with Crippen LogP contribution in [0.1, 0.15) is 76.5 Å². The summed E-state index contributed by atoms with van der Waals surface area (Å²) in [6, 6.07) is 5.75. The fourth-order valence-corrected chi connectivity index (χ4v) is 8.58. The van der Waals surface area contributed by atoms with Crippen molar-refractivity contribution in [3.63, 3.8) is 0 Å². The van der Waals surface area contributed by atoms with Crippen LogP contribution in [0.4, 0.5) is 105 Å². The van der Waals surface area contributed by atoms with Crippen LogP contribution in [-0.4, -0.2) is 22.9 Å². The average molecular weight is 1210 g/mol. The monoisotopic (exact) mass is 1210 g/mol. The fourth-order valence-electron chi connectivity index (χ4n) is 8.58. The minimum absolute atomic E-state index is 0.0457. The van der Waals surface area contributed by atoms with Crippen molar-refractivity contribution in [2.75, 3.05) is 0 Å². The molecule has 0 N–H and O–H groups in total. The molecule has 0 amide bonds. The minimum Gasteiger partial charge on any atom is -0.421 e. The van der Waals surface area contributed by atoms with E-state index in [0.717, 1.165) is 11.1 Å². The van der Waals surface area contributed by atoms with Gasteiger partial charge in [-0.3, -0.25) is 4.79 Å². The van der Waals surface area contributed by atoms with Crippen molar-refractivity contribution in [1.29, 1.82) is 0 Å². The highest BCUT2D eigenvalue weighted by Crippen LogP contribution is 2.41. The third-order valence-electron chi connectivity index (χ3n) is 12.6. The first kappa shape index (κ1) is 64.1. The number of ketones is 1. The first-order chi connectivity index (χ1) is 37.8. The van der Waals surface area contributed by atoms with Gasteiger partial charge in [-0.2, -0.15) is 132 Å². The standard InChI is InChI=1S/C32H12BF24.C21H19N2O3/c34-25(35,36)13-1-14(26(37,38)39)6-21(5-13)33(22-7-15(27(40,41)42)2-16(8-22)28(43,44)45,23-9-17(29(46,47)48)3-18(10-23)30(49,50)51)24-11-19(31(52,53)54)4-20(12-24)32(55,56)57;1-15-7-6-10-20(16(15)2)26-21(25)18-13-23(12-11-22-18)14-19(24)17-8-4-3-5-9-17/h1-12H;3-13H,14H2,1-2H3/q-1;+1. The van der Waals surface area contributed by atoms with Crippen LogP contribution in [0.15, 0.2) is 140 Å². The van der Waals surface area contributed by atoms with Crippen molar-refractivity contribution in [2.24, 2.45) is 0 Å². The van der Waals surface area contributed by atoms with Crippen molar-refractivity contribution in [3.05, 3.63) is 207 Å². The summed E-state index contributed by atoms with van der Waals surface area (Å²) in [6.45, 7) is 3.97. The molecule has 5 nitrogen and oxygen atoms in total. The van der Waals surface area contributed by atoms with E-state index in [2.05, 4.69) is 4.98 Å². The number of carbonyl (C=O) groups is 2. The highest BCUT2D eigenvalue weighted by atomic mass is 19.4. The van der Waals surface area contributed by atoms with Gasteiger partial charge in [0.2, 0.25) is 24.2 Å². The normalized spacial score (nSPS) is 13.1. The van der Waals surface area contributed by atoms with E-state index in [1.165, 1.54) is 12.4 Å². The Kier molecular flexibility index (Phi) is 17.4. The van der Waals surface area contributed by atoms with E-state index >= 15 is 0 Å². The van der Waals surface area contributed by atoms with Gasteiger partial charge in [0.15, 0.2) is 6.20 Å². The highest BCUT2D eigenvalue weighted by Gasteiger charge is 2.47. The molecule has 0 saturated carbocycles. The van der Waals surface area contributed by atoms with Crippen LogP contribution in [0.25, 0.3) is 0 Å². The second-order valence-electron chi connectivity index (χ2n) is 18.2. The quantitative estimate of drug-likeness (QED) is 0.0361. The molecule has 0 aliphatic rings. The summed E-state index contributed by atoms with van der Waals surface area (Å²) in [7, 11) is 0. The smallest absolute Gasteiger partial charge is 0.416 e. The Morgan fingerprint density at radius 2 is 0.747 bits per heavy atom. The molecule has 0 fully saturated rings. The third kappa shape index (κ3) is 15.0. The van der Waals surface area contributed by atoms with Crippen molar-refractivity contribution in [2.45, 2.75) is 69.8 Å². The molecule has 442 valence electrons. The Hall–Kier alpha value is -8.08. The SMILES string of the molecule is Cc1cccc(OC(=O)c2c[n+](CC(=O)c3ccccc3)ccn2)c1C.FC(F)(F)c1cc([B-](c2cc(C(F)(F)F)cc(C(F)(F)F)c2)(c2cc(C(F)(F)F)cc(C(F)(F)F)c2)c2cc(C(F)(F)F)cc(C(F)(F)F)c2)cc(C(F)(F)F)c1. The molecule has 0 spiro atoms. The molecule has 1 heterocycles. The van der Waals surface area contributed by atoms with Crippen molar-refractivity contribution in [1.82, 2.24) is 4.98 Å². The molecule has 6 aromatic carbocycles. The van der Waals surface area contributed by atoms with Gasteiger partial charge in [0.25, 0.3) is 0 Å². The highest BCUT2D eigenvalue weighted by molar-refractivity contribution is 7.20. The lowest BCUT2D eigenvalue weighted by Crippen LogP contribution is -2.75. The number of carbonyl (C=O) groups excluding carboxylic acids is 2. The number of hydrogen-bond acceptors (Lipinski definition) is 4. The van der Waals surface area contributed by atoms with Gasteiger partial charge < -0.3 is 4.74 Å². The molecule has 7 aromatic rings. The molecule has 0 unspecified atom stereocenters. The van der Waals surface area contributed by atoms with E-state index in [9.17, 15) is 115 Å². The van der Waals surface area contributed by atoms with Gasteiger partial charge in [0, 0.05) is 5.56 Å². The second-order valence-corrected chi connectivity index (χ2v) is 18.2. The van der Waals surface area contributed by atoms with Gasteiger partial charge in [-0.25, -0.2) is 9.78 Å². The number of rotatable bonds is 9. The lowest BCUT2D eigenvalue weighted by atomic mass is 9.12. The number of ether oxygens (including phenoxy) is 1. The van der Waals surface area contributed by atoms with Gasteiger partial charge in [-0.15, -0.1) is 0 Å². The topological polar surface area (TPSA) is 60.1 Å². The number of alkyl halides is 24. The molecule has 0 bridgehead atoms. The number of nitrogens with zero attached hydrogens (tertiary/aromatic N) is 2. The maximum atomic E-state index is 14.2. The van der Waals surface area contributed by atoms with E-state index in [4.69, 9.17) is 4.74 Å². The van der Waals surface area contributed by atoms with Crippen LogP contribution in [0.5, 0.6) is 5.75 Å². The summed E-state index contributed by atoms with van der Waals surface area (Å²) >= 11 is 0. The molecular weight excluding hydrogens is 1180 g/mol. The number of benzene rings is 6. The summed E-state index contributed by atoms with van der Waals surface area (Å²) in [4.78, 5) is 28.8. The molecule has 30 heteroatoms. The van der Waals surface area contributed by atoms with Crippen molar-refractivity contribution >= 4 is 39.7 Å². The first-order valence-electron chi connectivity index (χ1n) is 22.9. The van der Waals surface area contributed by atoms with E-state index in [-0.39, 0.29) is 18.0 Å². The molecule has 83 heavy (non-hydrogen) atoms. The number of aryl methyl sites for hydroxylation is 1. The van der Waals surface area contributed by atoms with Crippen LogP contribution in [0.3, 0.4) is 0 Å². The molecule has 0 radical (unpaired) electrons. The van der Waals surface area contributed by atoms with Crippen LogP contribution in [0, 0.1) is 13.8 Å². The Labute approximate surface area is 450 Å². The maximum absolute atomic E-state index is 14.2. The van der Waals surface area contributed by atoms with Gasteiger partial charge in [0.1, 0.15) is 11.9 Å². The number of aromatic nitrogens is 2. The largest absolute Gasteiger partial charge is 0.421 e. The minimum atomic E-state index is -6.13. The molecule has 0 saturated heterocycles. The number of Topliss-reactive ketones (excluding diaryl/α,β-unsaturated/α-hetero) is 1. The van der Waals surface area contributed by atoms with Gasteiger partial charge in [-0.05, 0) is 55.3 Å². The summed E-state index contributed by atoms with van der Waals surface area (Å²) in [5.41, 5.74) is -27.5. The average Bonchev–Trinajstić information content (AvgIpc) is 3.36. The predicted octanol–water partition coefficient (Wildman–Crippen LogP) is 14.3. The summed E-state index contributed by atoms with van der Waals surface area (Å²) in [5.74, 6) is -0.0941. The van der Waals surface area contributed by atoms with Crippen LogP contribution >= 0.6 is 0 Å². The Morgan fingerprint density at radius 1 is 0.434 bits per heavy atom. The third-order valence-corrected chi connectivity index (χ3v) is 12.6. The van der Waals surface area contributed by atoms with Gasteiger partial charge >= 0.3 is 55.4 Å². The zero-order valence-electron chi connectivity index (χ0n) is 41.3. The van der Waals surface area contributed by atoms with E-state index in [1.807, 2.05) is 44.2 Å². The van der Waals surface area contributed by atoms with E-state index < -0.39 is 201 Å². The lowest BCUT2D eigenvalue weighted by molar-refractivity contribution is -0.683. The fraction of sp³-hybridized carbons (Fsp3) is 0.208. The molecule has 1 aromatic heterocycles. The van der Waals surface area contributed by atoms with E-state index in [1.54, 1.807) is 29.0 Å². The molecule has 7 rings (SSSR count). The van der Waals surface area contributed by atoms with Crippen molar-refractivity contribution < 1.29 is 124 Å². The molecule has 0 aliphatic carbocycles. The number of halogens is 24. The van der Waals surface area contributed by atoms with Crippen LogP contribution in [-0.2, 0) is 56.0 Å². The van der Waals surface area contributed by atoms with Crippen LogP contribution in [0.2, 0.25) is 0 Å². The lowest BCUT2D eigenvalue weighted by Gasteiger charge is -2.46. The summed E-state index contributed by atoms with van der Waals surface area (Å²) in [5, 5.41) is 0. The maximum Gasteiger partial charge on any atom is 0.416 e. The Balaban J connectivity index is 0.000000352. The molecule has 0 aliphatic heterocycles. The number of esters is 1.